The topological polar surface area (TPSA) is 49.3 Å². The van der Waals surface area contributed by atoms with Crippen LogP contribution in [0.2, 0.25) is 0 Å². The van der Waals surface area contributed by atoms with Crippen LogP contribution >= 0.6 is 11.1 Å². The van der Waals surface area contributed by atoms with Crippen molar-refractivity contribution in [3.63, 3.8) is 0 Å². The minimum Gasteiger partial charge on any atom is -0.465 e. The van der Waals surface area contributed by atoms with Crippen molar-refractivity contribution < 1.29 is 9.90 Å². The zero-order valence-corrected chi connectivity index (χ0v) is 11.0. The van der Waals surface area contributed by atoms with Crippen molar-refractivity contribution in [3.8, 4) is 0 Å². The maximum absolute atomic E-state index is 10.3. The molecule has 0 aliphatic heterocycles. The van der Waals surface area contributed by atoms with Crippen LogP contribution in [0.3, 0.4) is 0 Å². The number of hydrogen-bond donors (Lipinski definition) is 2. The van der Waals surface area contributed by atoms with Crippen LogP contribution in [0.15, 0.2) is 30.3 Å². The minimum absolute atomic E-state index is 0.149. The van der Waals surface area contributed by atoms with Crippen LogP contribution in [0.25, 0.3) is 0 Å². The lowest BCUT2D eigenvalue weighted by Crippen LogP contribution is -2.24. The Morgan fingerprint density at radius 1 is 1.43 bits per heavy atom. The third-order valence-electron chi connectivity index (χ3n) is 1.64. The van der Waals surface area contributed by atoms with Gasteiger partial charge in [0.1, 0.15) is 9.55 Å². The summed E-state index contributed by atoms with van der Waals surface area (Å²) in [4.78, 5) is 10.3. The van der Waals surface area contributed by atoms with E-state index in [1.807, 2.05) is 37.3 Å². The Kier molecular flexibility index (Phi) is 6.87. The molecule has 1 amide bonds. The third-order valence-corrected chi connectivity index (χ3v) is 1.64. The maximum Gasteiger partial charge on any atom is 0.405 e. The number of carbonyl (C=O) groups is 1. The summed E-state index contributed by atoms with van der Waals surface area (Å²) in [5.41, 5.74) is 0.972. The predicted octanol–water partition coefficient (Wildman–Crippen LogP) is 1.52. The van der Waals surface area contributed by atoms with Gasteiger partial charge in [0.25, 0.3) is 0 Å². The lowest BCUT2D eigenvalue weighted by atomic mass is 10.1. The number of nitrogens with one attached hydrogen (secondary N) is 1. The summed E-state index contributed by atoms with van der Waals surface area (Å²) >= 11 is 4.78. The molecule has 14 heavy (non-hydrogen) atoms. The number of hydrogen-bond acceptors (Lipinski definition) is 1. The van der Waals surface area contributed by atoms with Gasteiger partial charge in [-0.15, -0.1) is 0 Å². The smallest absolute Gasteiger partial charge is 0.405 e. The first kappa shape index (κ1) is 13.0. The van der Waals surface area contributed by atoms with Crippen molar-refractivity contribution in [2.24, 2.45) is 0 Å². The van der Waals surface area contributed by atoms with E-state index in [2.05, 4.69) is 5.32 Å². The van der Waals surface area contributed by atoms with E-state index in [0.29, 0.717) is 0 Å². The molecule has 1 atom stereocenters. The number of amides is 1. The number of benzene rings is 1. The molecule has 0 heterocycles. The summed E-state index contributed by atoms with van der Waals surface area (Å²) in [5, 5.41) is 10.8. The molecule has 1 unspecified atom stereocenters. The van der Waals surface area contributed by atoms with Crippen LogP contribution in [-0.4, -0.2) is 20.8 Å². The van der Waals surface area contributed by atoms with Gasteiger partial charge in [0.05, 0.1) is 6.04 Å². The van der Waals surface area contributed by atoms with E-state index in [-0.39, 0.29) is 6.04 Å². The van der Waals surface area contributed by atoms with Crippen molar-refractivity contribution >= 4 is 26.7 Å². The summed E-state index contributed by atoms with van der Waals surface area (Å²) in [5.74, 6) is 0. The van der Waals surface area contributed by atoms with Gasteiger partial charge < -0.3 is 10.4 Å². The monoisotopic (exact) mass is 231 g/mol. The summed E-state index contributed by atoms with van der Waals surface area (Å²) in [6.07, 6.45) is -0.994. The highest BCUT2D eigenvalue weighted by Crippen LogP contribution is 2.10. The van der Waals surface area contributed by atoms with Crippen LogP contribution in [0.4, 0.5) is 4.79 Å². The van der Waals surface area contributed by atoms with Gasteiger partial charge >= 0.3 is 6.09 Å². The fraction of sp³-hybridized carbons (Fsp3) is 0.222. The lowest BCUT2D eigenvalue weighted by Gasteiger charge is -2.10. The van der Waals surface area contributed by atoms with E-state index in [1.54, 1.807) is 0 Å². The van der Waals surface area contributed by atoms with Crippen LogP contribution in [0, 0.1) is 0 Å². The Morgan fingerprint density at radius 3 is 2.36 bits per heavy atom. The maximum atomic E-state index is 10.3. The molecule has 0 saturated carbocycles. The molecule has 1 rings (SSSR count). The molecule has 5 heteroatoms. The molecular weight excluding hydrogens is 218 g/mol. The molecule has 0 aliphatic carbocycles. The molecule has 0 spiro atoms. The molecular formula is C9H14ClNO2Si. The lowest BCUT2D eigenvalue weighted by molar-refractivity contribution is 0.191. The average molecular weight is 232 g/mol. The third kappa shape index (κ3) is 4.89. The van der Waals surface area contributed by atoms with Gasteiger partial charge in [0.15, 0.2) is 0 Å². The zero-order chi connectivity index (χ0) is 11.0. The fourth-order valence-corrected chi connectivity index (χ4v) is 1.01. The predicted molar refractivity (Wildman–Crippen MR) is 61.8 cm³/mol. The molecule has 3 nitrogen and oxygen atoms in total. The summed E-state index contributed by atoms with van der Waals surface area (Å²) in [7, 11) is 0.778. The Labute approximate surface area is 91.2 Å². The number of rotatable bonds is 2. The zero-order valence-electron chi connectivity index (χ0n) is 8.20. The number of carboxylic acid groups (broad SMARTS) is 1. The Morgan fingerprint density at radius 2 is 1.93 bits per heavy atom. The summed E-state index contributed by atoms with van der Waals surface area (Å²) in [6, 6.07) is 9.30. The van der Waals surface area contributed by atoms with Crippen molar-refractivity contribution in [2.75, 3.05) is 0 Å². The Hall–Kier alpha value is -1.00. The van der Waals surface area contributed by atoms with E-state index in [1.165, 1.54) is 0 Å². The van der Waals surface area contributed by atoms with Gasteiger partial charge in [-0.25, -0.2) is 4.79 Å². The molecule has 0 aliphatic rings. The quantitative estimate of drug-likeness (QED) is 0.599. The van der Waals surface area contributed by atoms with Crippen LogP contribution in [0.1, 0.15) is 18.5 Å². The second-order valence-electron chi connectivity index (χ2n) is 2.58. The molecule has 0 aromatic heterocycles. The van der Waals surface area contributed by atoms with Crippen molar-refractivity contribution in [1.29, 1.82) is 0 Å². The molecule has 1 aromatic carbocycles. The SMILES string of the molecule is CC(NC(=O)O)c1ccccc1.[SiH3]Cl. The van der Waals surface area contributed by atoms with Gasteiger partial charge in [-0.2, -0.15) is 11.1 Å². The first-order valence-corrected chi connectivity index (χ1v) is 7.14. The van der Waals surface area contributed by atoms with Crippen molar-refractivity contribution in [1.82, 2.24) is 5.32 Å². The van der Waals surface area contributed by atoms with E-state index in [9.17, 15) is 4.79 Å². The molecule has 2 N–H and O–H groups in total. The first-order chi connectivity index (χ1) is 6.70. The average Bonchev–Trinajstić information content (AvgIpc) is 2.21. The van der Waals surface area contributed by atoms with Crippen molar-refractivity contribution in [2.45, 2.75) is 13.0 Å². The molecule has 1 aromatic rings. The molecule has 0 saturated heterocycles. The van der Waals surface area contributed by atoms with Gasteiger partial charge in [0.2, 0.25) is 0 Å². The summed E-state index contributed by atoms with van der Waals surface area (Å²) in [6.45, 7) is 1.81. The highest BCUT2D eigenvalue weighted by molar-refractivity contribution is 6.80. The first-order valence-electron chi connectivity index (χ1n) is 4.12. The molecule has 0 bridgehead atoms. The largest absolute Gasteiger partial charge is 0.465 e. The van der Waals surface area contributed by atoms with E-state index in [4.69, 9.17) is 16.2 Å². The van der Waals surface area contributed by atoms with Gasteiger partial charge in [-0.1, -0.05) is 30.3 Å². The fourth-order valence-electron chi connectivity index (χ4n) is 1.01. The van der Waals surface area contributed by atoms with Gasteiger partial charge in [-0.05, 0) is 12.5 Å². The minimum atomic E-state index is -0.994. The second kappa shape index (κ2) is 7.41. The number of halogens is 1. The highest BCUT2D eigenvalue weighted by atomic mass is 35.6. The summed E-state index contributed by atoms with van der Waals surface area (Å²) < 4.78 is 0. The van der Waals surface area contributed by atoms with Gasteiger partial charge in [0, 0.05) is 0 Å². The van der Waals surface area contributed by atoms with Gasteiger partial charge in [-0.3, -0.25) is 0 Å². The van der Waals surface area contributed by atoms with Crippen LogP contribution in [0.5, 0.6) is 0 Å². The molecule has 0 fully saturated rings. The normalized spacial score (nSPS) is 11.0. The van der Waals surface area contributed by atoms with E-state index < -0.39 is 6.09 Å². The Balaban J connectivity index is 0.000000791. The van der Waals surface area contributed by atoms with E-state index >= 15 is 0 Å². The Bertz CT molecular complexity index is 269. The molecule has 0 radical (unpaired) electrons. The molecule has 78 valence electrons. The second-order valence-corrected chi connectivity index (χ2v) is 2.58. The van der Waals surface area contributed by atoms with Crippen LogP contribution in [-0.2, 0) is 0 Å². The van der Waals surface area contributed by atoms with E-state index in [0.717, 1.165) is 15.1 Å². The highest BCUT2D eigenvalue weighted by Gasteiger charge is 2.05. The standard InChI is InChI=1S/C9H11NO2.ClH3Si/c1-7(10-9(11)12)8-5-3-2-4-6-8;1-2/h2-7,10H,1H3,(H,11,12);2H3. The van der Waals surface area contributed by atoms with Crippen LogP contribution < -0.4 is 5.32 Å². The van der Waals surface area contributed by atoms with Crippen molar-refractivity contribution in [3.05, 3.63) is 35.9 Å².